The number of amides is 3. The van der Waals surface area contributed by atoms with Gasteiger partial charge in [0.2, 0.25) is 17.7 Å². The molecule has 0 aromatic heterocycles. The standard InChI is InChI=1S/C22H20Br2N2O3/c23-18-10-16-17(11-19(18)24)22(29)26(21(16)28)12-20(27)25-15-8-6-14(7-9-15)13-4-2-1-3-5-13/h1-9,16-19H,10-12H2,(H,25,27)/t16-,17+,18+,19-. The molecule has 0 bridgehead atoms. The maximum Gasteiger partial charge on any atom is 0.244 e. The molecule has 3 amide bonds. The van der Waals surface area contributed by atoms with Gasteiger partial charge in [0, 0.05) is 15.3 Å². The van der Waals surface area contributed by atoms with Gasteiger partial charge in [0.15, 0.2) is 0 Å². The quantitative estimate of drug-likeness (QED) is 0.486. The maximum absolute atomic E-state index is 12.7. The van der Waals surface area contributed by atoms with Crippen molar-refractivity contribution in [2.45, 2.75) is 22.5 Å². The molecular weight excluding hydrogens is 500 g/mol. The molecule has 0 radical (unpaired) electrons. The van der Waals surface area contributed by atoms with Gasteiger partial charge in [-0.05, 0) is 36.1 Å². The number of alkyl halides is 2. The van der Waals surface area contributed by atoms with E-state index >= 15 is 0 Å². The van der Waals surface area contributed by atoms with Gasteiger partial charge in [0.25, 0.3) is 0 Å². The van der Waals surface area contributed by atoms with Crippen molar-refractivity contribution < 1.29 is 14.4 Å². The van der Waals surface area contributed by atoms with Crippen LogP contribution in [-0.4, -0.2) is 38.8 Å². The van der Waals surface area contributed by atoms with E-state index in [4.69, 9.17) is 0 Å². The minimum absolute atomic E-state index is 0.150. The second kappa shape index (κ2) is 8.40. The van der Waals surface area contributed by atoms with E-state index in [1.54, 1.807) is 0 Å². The number of anilines is 1. The second-order valence-corrected chi connectivity index (χ2v) is 9.82. The van der Waals surface area contributed by atoms with Gasteiger partial charge in [-0.15, -0.1) is 0 Å². The largest absolute Gasteiger partial charge is 0.325 e. The number of rotatable bonds is 4. The van der Waals surface area contributed by atoms with Crippen LogP contribution in [0.2, 0.25) is 0 Å². The Balaban J connectivity index is 1.40. The Morgan fingerprint density at radius 2 is 1.38 bits per heavy atom. The van der Waals surface area contributed by atoms with Crippen molar-refractivity contribution in [1.82, 2.24) is 4.90 Å². The molecular formula is C22H20Br2N2O3. The van der Waals surface area contributed by atoms with E-state index in [9.17, 15) is 14.4 Å². The van der Waals surface area contributed by atoms with E-state index in [0.717, 1.165) is 16.0 Å². The molecule has 1 N–H and O–H groups in total. The molecule has 2 aromatic rings. The minimum atomic E-state index is -0.372. The number of halogens is 2. The highest BCUT2D eigenvalue weighted by Gasteiger charge is 2.52. The molecule has 150 valence electrons. The molecule has 2 fully saturated rings. The SMILES string of the molecule is O=C(CN1C(=O)[C@H]2C[C@@H](Br)[C@@H](Br)C[C@H]2C1=O)Nc1ccc(-c2ccccc2)cc1. The van der Waals surface area contributed by atoms with E-state index in [1.807, 2.05) is 54.6 Å². The van der Waals surface area contributed by atoms with Crippen molar-refractivity contribution >= 4 is 55.3 Å². The van der Waals surface area contributed by atoms with Gasteiger partial charge in [-0.2, -0.15) is 0 Å². The van der Waals surface area contributed by atoms with Gasteiger partial charge >= 0.3 is 0 Å². The molecule has 1 aliphatic heterocycles. The summed E-state index contributed by atoms with van der Waals surface area (Å²) in [6.45, 7) is -0.245. The number of imide groups is 1. The van der Waals surface area contributed by atoms with Crippen molar-refractivity contribution in [1.29, 1.82) is 0 Å². The van der Waals surface area contributed by atoms with Crippen LogP contribution in [0.1, 0.15) is 12.8 Å². The fourth-order valence-electron chi connectivity index (χ4n) is 4.04. The van der Waals surface area contributed by atoms with Crippen LogP contribution in [0.5, 0.6) is 0 Å². The summed E-state index contributed by atoms with van der Waals surface area (Å²) in [5.74, 6) is -1.52. The van der Waals surface area contributed by atoms with Crippen LogP contribution >= 0.6 is 31.9 Å². The summed E-state index contributed by atoms with van der Waals surface area (Å²) in [5, 5.41) is 2.78. The lowest BCUT2D eigenvalue weighted by atomic mass is 9.81. The normalized spacial score (nSPS) is 26.3. The Kier molecular flexibility index (Phi) is 5.88. The van der Waals surface area contributed by atoms with Gasteiger partial charge in [-0.3, -0.25) is 19.3 Å². The van der Waals surface area contributed by atoms with Crippen LogP contribution in [0, 0.1) is 11.8 Å². The van der Waals surface area contributed by atoms with Crippen LogP contribution in [-0.2, 0) is 14.4 Å². The van der Waals surface area contributed by atoms with Crippen LogP contribution in [0.4, 0.5) is 5.69 Å². The third kappa shape index (κ3) is 4.16. The molecule has 4 rings (SSSR count). The molecule has 4 atom stereocenters. The molecule has 29 heavy (non-hydrogen) atoms. The van der Waals surface area contributed by atoms with Crippen LogP contribution < -0.4 is 5.32 Å². The molecule has 2 aliphatic rings. The number of nitrogens with zero attached hydrogens (tertiary/aromatic N) is 1. The maximum atomic E-state index is 12.7. The topological polar surface area (TPSA) is 66.5 Å². The molecule has 5 nitrogen and oxygen atoms in total. The number of benzene rings is 2. The third-order valence-corrected chi connectivity index (χ3v) is 8.31. The van der Waals surface area contributed by atoms with Gasteiger partial charge < -0.3 is 5.32 Å². The minimum Gasteiger partial charge on any atom is -0.325 e. The molecule has 0 unspecified atom stereocenters. The Hall–Kier alpha value is -1.99. The van der Waals surface area contributed by atoms with E-state index < -0.39 is 0 Å². The highest BCUT2D eigenvalue weighted by molar-refractivity contribution is 9.12. The molecule has 1 heterocycles. The molecule has 1 saturated carbocycles. The lowest BCUT2D eigenvalue weighted by Crippen LogP contribution is -2.38. The first-order valence-electron chi connectivity index (χ1n) is 9.52. The molecule has 7 heteroatoms. The van der Waals surface area contributed by atoms with E-state index in [2.05, 4.69) is 37.2 Å². The summed E-state index contributed by atoms with van der Waals surface area (Å²) in [5.41, 5.74) is 2.77. The smallest absolute Gasteiger partial charge is 0.244 e. The summed E-state index contributed by atoms with van der Waals surface area (Å²) in [6, 6.07) is 17.4. The zero-order chi connectivity index (χ0) is 20.5. The number of carbonyl (C=O) groups is 3. The van der Waals surface area contributed by atoms with Crippen molar-refractivity contribution in [2.75, 3.05) is 11.9 Å². The van der Waals surface area contributed by atoms with E-state index in [0.29, 0.717) is 18.5 Å². The zero-order valence-corrected chi connectivity index (χ0v) is 18.7. The summed E-state index contributed by atoms with van der Waals surface area (Å²) < 4.78 is 0. The fraction of sp³-hybridized carbons (Fsp3) is 0.318. The lowest BCUT2D eigenvalue weighted by molar-refractivity contribution is -0.142. The van der Waals surface area contributed by atoms with Gasteiger partial charge in [0.1, 0.15) is 6.54 Å². The Morgan fingerprint density at radius 3 is 1.93 bits per heavy atom. The highest BCUT2D eigenvalue weighted by Crippen LogP contribution is 2.43. The fourth-order valence-corrected chi connectivity index (χ4v) is 5.28. The summed E-state index contributed by atoms with van der Waals surface area (Å²) in [6.07, 6.45) is 1.20. The summed E-state index contributed by atoms with van der Waals surface area (Å²) in [4.78, 5) is 39.3. The number of hydrogen-bond donors (Lipinski definition) is 1. The Bertz CT molecular complexity index is 905. The van der Waals surface area contributed by atoms with Gasteiger partial charge in [-0.1, -0.05) is 74.3 Å². The van der Waals surface area contributed by atoms with E-state index in [1.165, 1.54) is 0 Å². The molecule has 1 saturated heterocycles. The van der Waals surface area contributed by atoms with Crippen LogP contribution in [0.3, 0.4) is 0 Å². The predicted octanol–water partition coefficient (Wildman–Crippen LogP) is 4.21. The molecule has 0 spiro atoms. The van der Waals surface area contributed by atoms with Crippen LogP contribution in [0.15, 0.2) is 54.6 Å². The lowest BCUT2D eigenvalue weighted by Gasteiger charge is -2.29. The van der Waals surface area contributed by atoms with Gasteiger partial charge in [0.05, 0.1) is 11.8 Å². The Morgan fingerprint density at radius 1 is 0.862 bits per heavy atom. The second-order valence-electron chi connectivity index (χ2n) is 7.47. The third-order valence-electron chi connectivity index (χ3n) is 5.58. The van der Waals surface area contributed by atoms with Crippen molar-refractivity contribution in [3.8, 4) is 11.1 Å². The van der Waals surface area contributed by atoms with Crippen LogP contribution in [0.25, 0.3) is 11.1 Å². The zero-order valence-electron chi connectivity index (χ0n) is 15.6. The summed E-state index contributed by atoms with van der Waals surface area (Å²) in [7, 11) is 0. The summed E-state index contributed by atoms with van der Waals surface area (Å²) >= 11 is 7.13. The monoisotopic (exact) mass is 518 g/mol. The number of nitrogens with one attached hydrogen (secondary N) is 1. The van der Waals surface area contributed by atoms with Crippen molar-refractivity contribution in [3.05, 3.63) is 54.6 Å². The first-order chi connectivity index (χ1) is 13.9. The van der Waals surface area contributed by atoms with Crippen molar-refractivity contribution in [3.63, 3.8) is 0 Å². The van der Waals surface area contributed by atoms with Gasteiger partial charge in [-0.25, -0.2) is 0 Å². The highest BCUT2D eigenvalue weighted by atomic mass is 79.9. The van der Waals surface area contributed by atoms with Crippen molar-refractivity contribution in [2.24, 2.45) is 11.8 Å². The average molecular weight is 520 g/mol. The average Bonchev–Trinajstić information content (AvgIpc) is 2.94. The first kappa shape index (κ1) is 20.3. The first-order valence-corrected chi connectivity index (χ1v) is 11.4. The van der Waals surface area contributed by atoms with E-state index in [-0.39, 0.29) is 45.8 Å². The Labute approximate surface area is 186 Å². The number of fused-ring (bicyclic) bond motifs is 1. The predicted molar refractivity (Wildman–Crippen MR) is 119 cm³/mol. The number of hydrogen-bond acceptors (Lipinski definition) is 3. The number of carbonyl (C=O) groups excluding carboxylic acids is 3. The molecule has 2 aromatic carbocycles. The molecule has 1 aliphatic carbocycles. The number of likely N-dealkylation sites (tertiary alicyclic amines) is 1.